The molecule has 0 aliphatic heterocycles. The largest absolute Gasteiger partial charge is 0.393 e. The third kappa shape index (κ3) is 19.0. The van der Waals surface area contributed by atoms with Gasteiger partial charge in [0.15, 0.2) is 0 Å². The van der Waals surface area contributed by atoms with Crippen LogP contribution in [-0.4, -0.2) is 63.1 Å². The van der Waals surface area contributed by atoms with E-state index < -0.39 is 0 Å². The van der Waals surface area contributed by atoms with Gasteiger partial charge in [-0.25, -0.2) is 10.0 Å². The molecule has 0 aliphatic rings. The Labute approximate surface area is 146 Å². The molecule has 5 heteroatoms. The summed E-state index contributed by atoms with van der Waals surface area (Å²) in [4.78, 5) is 2.23. The second-order valence-corrected chi connectivity index (χ2v) is 11.5. The van der Waals surface area contributed by atoms with E-state index in [2.05, 4.69) is 52.9 Å². The summed E-state index contributed by atoms with van der Waals surface area (Å²) in [5.74, 6) is 1.35. The van der Waals surface area contributed by atoms with Gasteiger partial charge in [0.2, 0.25) is 0 Å². The molecule has 0 rings (SSSR count). The molecule has 0 radical (unpaired) electrons. The molecule has 0 saturated heterocycles. The molecule has 0 amide bonds. The smallest absolute Gasteiger partial charge is 0.0169 e. The summed E-state index contributed by atoms with van der Waals surface area (Å²) in [7, 11) is 3.71. The van der Waals surface area contributed by atoms with E-state index in [9.17, 15) is 0 Å². The van der Waals surface area contributed by atoms with Crippen LogP contribution in [0.4, 0.5) is 0 Å². The molecule has 4 nitrogen and oxygen atoms in total. The summed E-state index contributed by atoms with van der Waals surface area (Å²) in [5.41, 5.74) is 0. The summed E-state index contributed by atoms with van der Waals surface area (Å²) in [5, 5.41) is 9.71. The quantitative estimate of drug-likeness (QED) is 0.400. The van der Waals surface area contributed by atoms with Crippen LogP contribution in [0.25, 0.3) is 0 Å². The molecule has 138 valence electrons. The van der Waals surface area contributed by atoms with Crippen molar-refractivity contribution in [2.75, 3.05) is 58.2 Å². The fourth-order valence-corrected chi connectivity index (χ4v) is 3.12. The highest BCUT2D eigenvalue weighted by Gasteiger charge is 2.01. The van der Waals surface area contributed by atoms with E-state index in [-0.39, 0.29) is 10.0 Å². The van der Waals surface area contributed by atoms with E-state index in [1.165, 1.54) is 37.9 Å². The van der Waals surface area contributed by atoms with E-state index in [0.717, 1.165) is 19.6 Å². The zero-order valence-corrected chi connectivity index (χ0v) is 16.8. The van der Waals surface area contributed by atoms with Crippen molar-refractivity contribution in [3.05, 3.63) is 24.8 Å². The van der Waals surface area contributed by atoms with Crippen molar-refractivity contribution in [3.8, 4) is 0 Å². The van der Waals surface area contributed by atoms with Gasteiger partial charge < -0.3 is 20.9 Å². The van der Waals surface area contributed by atoms with Crippen molar-refractivity contribution in [2.24, 2.45) is 0 Å². The normalized spacial score (nSPS) is 12.7. The standard InChI is InChI=1S/C18H40N4S/c1-19-15-17-22(2)16-9-7-6-8-11-20-13-14-21-12-10-18-23(3,4)5/h13-15,17,19-21H,6-12,16,18H2,1-5H3/b14-13-,17-15-. The van der Waals surface area contributed by atoms with Gasteiger partial charge in [0.1, 0.15) is 0 Å². The first-order valence-electron chi connectivity index (χ1n) is 8.77. The van der Waals surface area contributed by atoms with Crippen molar-refractivity contribution in [2.45, 2.75) is 32.1 Å². The van der Waals surface area contributed by atoms with Crippen molar-refractivity contribution < 1.29 is 0 Å². The molecule has 0 saturated carbocycles. The fraction of sp³-hybridized carbons (Fsp3) is 0.778. The molecule has 0 aromatic heterocycles. The van der Waals surface area contributed by atoms with Crippen LogP contribution in [0.3, 0.4) is 0 Å². The third-order valence-electron chi connectivity index (χ3n) is 3.47. The minimum atomic E-state index is -0.336. The second-order valence-electron chi connectivity index (χ2n) is 6.89. The van der Waals surface area contributed by atoms with Gasteiger partial charge in [-0.1, -0.05) is 12.8 Å². The van der Waals surface area contributed by atoms with Crippen LogP contribution in [-0.2, 0) is 0 Å². The predicted octanol–water partition coefficient (Wildman–Crippen LogP) is 2.90. The monoisotopic (exact) mass is 344 g/mol. The second kappa shape index (κ2) is 14.6. The van der Waals surface area contributed by atoms with Crippen molar-refractivity contribution >= 4 is 10.0 Å². The highest BCUT2D eigenvalue weighted by molar-refractivity contribution is 8.32. The molecule has 0 aromatic rings. The topological polar surface area (TPSA) is 39.3 Å². The number of hydrogen-bond donors (Lipinski definition) is 3. The lowest BCUT2D eigenvalue weighted by atomic mass is 10.2. The Morgan fingerprint density at radius 2 is 1.43 bits per heavy atom. The van der Waals surface area contributed by atoms with Crippen molar-refractivity contribution in [1.29, 1.82) is 0 Å². The minimum Gasteiger partial charge on any atom is -0.393 e. The van der Waals surface area contributed by atoms with Gasteiger partial charge in [0.25, 0.3) is 0 Å². The first kappa shape index (κ1) is 22.0. The van der Waals surface area contributed by atoms with Gasteiger partial charge in [0, 0.05) is 58.5 Å². The number of rotatable bonds is 15. The average Bonchev–Trinajstić information content (AvgIpc) is 2.48. The maximum absolute atomic E-state index is 3.35. The Balaban J connectivity index is 3.27. The number of hydrogen-bond acceptors (Lipinski definition) is 4. The molecular weight excluding hydrogens is 304 g/mol. The molecule has 3 N–H and O–H groups in total. The van der Waals surface area contributed by atoms with E-state index in [4.69, 9.17) is 0 Å². The van der Waals surface area contributed by atoms with E-state index in [1.54, 1.807) is 0 Å². The molecule has 0 bridgehead atoms. The number of nitrogens with one attached hydrogen (secondary N) is 3. The SMILES string of the molecule is CN/C=C\N(C)CCCCCCN/C=C\NCCCS(C)(C)C. The fourth-order valence-electron chi connectivity index (χ4n) is 2.11. The summed E-state index contributed by atoms with van der Waals surface area (Å²) in [6, 6.07) is 0. The third-order valence-corrected chi connectivity index (χ3v) is 4.99. The number of unbranched alkanes of at least 4 members (excludes halogenated alkanes) is 3. The van der Waals surface area contributed by atoms with Crippen LogP contribution in [0.1, 0.15) is 32.1 Å². The van der Waals surface area contributed by atoms with Gasteiger partial charge in [-0.05, 0) is 43.8 Å². The Morgan fingerprint density at radius 1 is 0.826 bits per heavy atom. The van der Waals surface area contributed by atoms with E-state index in [1.807, 2.05) is 25.6 Å². The molecule has 0 unspecified atom stereocenters. The van der Waals surface area contributed by atoms with Gasteiger partial charge in [-0.15, -0.1) is 0 Å². The lowest BCUT2D eigenvalue weighted by Gasteiger charge is -2.24. The summed E-state index contributed by atoms with van der Waals surface area (Å²) in [6.07, 6.45) is 21.6. The Kier molecular flexibility index (Phi) is 14.0. The van der Waals surface area contributed by atoms with Crippen LogP contribution in [0, 0.1) is 0 Å². The van der Waals surface area contributed by atoms with Crippen LogP contribution in [0.5, 0.6) is 0 Å². The molecule has 0 aliphatic carbocycles. The maximum Gasteiger partial charge on any atom is 0.0169 e. The van der Waals surface area contributed by atoms with Crippen molar-refractivity contribution in [1.82, 2.24) is 20.9 Å². The van der Waals surface area contributed by atoms with Crippen LogP contribution >= 0.6 is 10.0 Å². The summed E-state index contributed by atoms with van der Waals surface area (Å²) >= 11 is 0. The van der Waals surface area contributed by atoms with Gasteiger partial charge in [-0.2, -0.15) is 0 Å². The van der Waals surface area contributed by atoms with Crippen LogP contribution in [0.2, 0.25) is 0 Å². The molecule has 0 spiro atoms. The Hall–Kier alpha value is -0.970. The Morgan fingerprint density at radius 3 is 2.04 bits per heavy atom. The van der Waals surface area contributed by atoms with E-state index in [0.29, 0.717) is 0 Å². The Bertz CT molecular complexity index is 311. The lowest BCUT2D eigenvalue weighted by Crippen LogP contribution is -2.14. The molecule has 0 atom stereocenters. The average molecular weight is 345 g/mol. The first-order chi connectivity index (χ1) is 11.0. The summed E-state index contributed by atoms with van der Waals surface area (Å²) in [6.45, 7) is 3.28. The first-order valence-corrected chi connectivity index (χ1v) is 11.8. The molecule has 0 aromatic carbocycles. The summed E-state index contributed by atoms with van der Waals surface area (Å²) < 4.78 is 0. The van der Waals surface area contributed by atoms with Gasteiger partial charge >= 0.3 is 0 Å². The highest BCUT2D eigenvalue weighted by atomic mass is 32.3. The van der Waals surface area contributed by atoms with Gasteiger partial charge in [-0.3, -0.25) is 0 Å². The highest BCUT2D eigenvalue weighted by Crippen LogP contribution is 2.34. The maximum atomic E-state index is 3.35. The van der Waals surface area contributed by atoms with Gasteiger partial charge in [0.05, 0.1) is 0 Å². The minimum absolute atomic E-state index is 0.336. The van der Waals surface area contributed by atoms with Crippen LogP contribution in [0.15, 0.2) is 24.8 Å². The van der Waals surface area contributed by atoms with Crippen LogP contribution < -0.4 is 16.0 Å². The molecule has 0 fully saturated rings. The molecule has 23 heavy (non-hydrogen) atoms. The number of nitrogens with zero attached hydrogens (tertiary/aromatic N) is 1. The molecular formula is C18H40N4S. The predicted molar refractivity (Wildman–Crippen MR) is 109 cm³/mol. The van der Waals surface area contributed by atoms with E-state index >= 15 is 0 Å². The van der Waals surface area contributed by atoms with Crippen molar-refractivity contribution in [3.63, 3.8) is 0 Å². The zero-order valence-electron chi connectivity index (χ0n) is 16.0. The molecule has 0 heterocycles. The zero-order chi connectivity index (χ0) is 17.4. The lowest BCUT2D eigenvalue weighted by molar-refractivity contribution is 0.428.